The highest BCUT2D eigenvalue weighted by molar-refractivity contribution is 5.96. The lowest BCUT2D eigenvalue weighted by Crippen LogP contribution is -2.22. The maximum Gasteiger partial charge on any atom is 0.359 e. The number of nitrogens with zero attached hydrogens (tertiary/aromatic N) is 4. The monoisotopic (exact) mass is 469 g/mol. The number of rotatable bonds is 6. The van der Waals surface area contributed by atoms with Gasteiger partial charge in [0, 0.05) is 11.3 Å². The molecule has 2 heterocycles. The Labute approximate surface area is 203 Å². The molecule has 0 saturated heterocycles. The Morgan fingerprint density at radius 1 is 0.914 bits per heavy atom. The van der Waals surface area contributed by atoms with Crippen LogP contribution in [0.15, 0.2) is 54.6 Å². The van der Waals surface area contributed by atoms with Gasteiger partial charge in [-0.2, -0.15) is 10.2 Å². The number of hydrogen-bond acceptors (Lipinski definition) is 5. The molecule has 0 spiro atoms. The van der Waals surface area contributed by atoms with Gasteiger partial charge in [0.2, 0.25) is 0 Å². The van der Waals surface area contributed by atoms with Gasteiger partial charge in [-0.3, -0.25) is 4.79 Å². The first-order chi connectivity index (χ1) is 16.9. The lowest BCUT2D eigenvalue weighted by atomic mass is 10.2. The number of esters is 1. The molecule has 178 valence electrons. The zero-order valence-electron chi connectivity index (χ0n) is 20.0. The number of hydrogen-bond donors (Lipinski definition) is 1. The molecular weight excluding hydrogens is 442 g/mol. The number of amides is 1. The molecule has 8 heteroatoms. The Hall–Kier alpha value is -4.20. The number of nitrogens with one attached hydrogen (secondary N) is 1. The van der Waals surface area contributed by atoms with E-state index in [1.165, 1.54) is 0 Å². The topological polar surface area (TPSA) is 91.0 Å². The number of carbonyl (C=O) groups excluding carboxylic acids is 2. The first kappa shape index (κ1) is 22.6. The fraction of sp³-hybridized carbons (Fsp3) is 0.259. The Morgan fingerprint density at radius 3 is 2.37 bits per heavy atom. The standard InChI is InChI=1S/C27H27N5O3/c1-17-12-14-21(15-13-17)31-19(3)25(18(2)29-31)28-24(33)16-35-27(34)26-22-10-7-11-23(22)32(30-26)20-8-5-4-6-9-20/h4-6,8-9,12-15H,7,10-11,16H2,1-3H3,(H,28,33). The number of aryl methyl sites for hydroxylation is 2. The molecule has 0 bridgehead atoms. The van der Waals surface area contributed by atoms with E-state index in [0.29, 0.717) is 11.4 Å². The maximum absolute atomic E-state index is 12.9. The third-order valence-corrected chi connectivity index (χ3v) is 6.29. The van der Waals surface area contributed by atoms with Crippen LogP contribution in [0, 0.1) is 20.8 Å². The molecule has 2 aromatic heterocycles. The summed E-state index contributed by atoms with van der Waals surface area (Å²) in [6, 6.07) is 17.7. The highest BCUT2D eigenvalue weighted by atomic mass is 16.5. The fourth-order valence-electron chi connectivity index (χ4n) is 4.52. The predicted molar refractivity (Wildman–Crippen MR) is 132 cm³/mol. The van der Waals surface area contributed by atoms with Gasteiger partial charge in [-0.15, -0.1) is 0 Å². The zero-order valence-corrected chi connectivity index (χ0v) is 20.0. The summed E-state index contributed by atoms with van der Waals surface area (Å²) >= 11 is 0. The Bertz CT molecular complexity index is 1400. The van der Waals surface area contributed by atoms with Crippen LogP contribution in [0.2, 0.25) is 0 Å². The van der Waals surface area contributed by atoms with E-state index in [-0.39, 0.29) is 5.69 Å². The minimum absolute atomic E-state index is 0.286. The molecule has 2 aromatic carbocycles. The van der Waals surface area contributed by atoms with Gasteiger partial charge in [-0.1, -0.05) is 35.9 Å². The summed E-state index contributed by atoms with van der Waals surface area (Å²) in [5, 5.41) is 11.9. The van der Waals surface area contributed by atoms with Gasteiger partial charge in [-0.05, 0) is 64.3 Å². The van der Waals surface area contributed by atoms with E-state index in [1.807, 2.05) is 80.1 Å². The Kier molecular flexibility index (Phi) is 5.94. The van der Waals surface area contributed by atoms with E-state index < -0.39 is 18.5 Å². The molecule has 1 aliphatic carbocycles. The lowest BCUT2D eigenvalue weighted by Gasteiger charge is -2.08. The normalized spacial score (nSPS) is 12.4. The smallest absolute Gasteiger partial charge is 0.359 e. The summed E-state index contributed by atoms with van der Waals surface area (Å²) in [6.07, 6.45) is 2.59. The van der Waals surface area contributed by atoms with Crippen LogP contribution in [-0.2, 0) is 22.4 Å². The van der Waals surface area contributed by atoms with E-state index in [1.54, 1.807) is 4.68 Å². The maximum atomic E-state index is 12.9. The van der Waals surface area contributed by atoms with Crippen molar-refractivity contribution in [2.45, 2.75) is 40.0 Å². The third kappa shape index (κ3) is 4.35. The molecular formula is C27H27N5O3. The van der Waals surface area contributed by atoms with Gasteiger partial charge >= 0.3 is 5.97 Å². The molecule has 35 heavy (non-hydrogen) atoms. The van der Waals surface area contributed by atoms with E-state index in [0.717, 1.165) is 53.2 Å². The Morgan fingerprint density at radius 2 is 1.63 bits per heavy atom. The van der Waals surface area contributed by atoms with Crippen molar-refractivity contribution in [3.05, 3.63) is 88.5 Å². The predicted octanol–water partition coefficient (Wildman–Crippen LogP) is 4.27. The third-order valence-electron chi connectivity index (χ3n) is 6.29. The number of fused-ring (bicyclic) bond motifs is 1. The van der Waals surface area contributed by atoms with E-state index >= 15 is 0 Å². The molecule has 0 unspecified atom stereocenters. The van der Waals surface area contributed by atoms with Crippen LogP contribution in [0.3, 0.4) is 0 Å². The second-order valence-corrected chi connectivity index (χ2v) is 8.79. The molecule has 4 aromatic rings. The quantitative estimate of drug-likeness (QED) is 0.426. The van der Waals surface area contributed by atoms with Crippen LogP contribution in [0.5, 0.6) is 0 Å². The average Bonchev–Trinajstić information content (AvgIpc) is 3.54. The van der Waals surface area contributed by atoms with Crippen molar-refractivity contribution in [3.63, 3.8) is 0 Å². The van der Waals surface area contributed by atoms with Crippen molar-refractivity contribution in [1.82, 2.24) is 19.6 Å². The summed E-state index contributed by atoms with van der Waals surface area (Å²) in [5.74, 6) is -1.01. The second kappa shape index (κ2) is 9.21. The van der Waals surface area contributed by atoms with Gasteiger partial charge in [0.05, 0.1) is 28.5 Å². The second-order valence-electron chi connectivity index (χ2n) is 8.79. The number of anilines is 1. The van der Waals surface area contributed by atoms with Crippen molar-refractivity contribution in [2.75, 3.05) is 11.9 Å². The van der Waals surface area contributed by atoms with Crippen LogP contribution in [-0.4, -0.2) is 38.0 Å². The van der Waals surface area contributed by atoms with Crippen LogP contribution >= 0.6 is 0 Å². The Balaban J connectivity index is 1.28. The summed E-state index contributed by atoms with van der Waals surface area (Å²) < 4.78 is 8.97. The van der Waals surface area contributed by atoms with E-state index in [2.05, 4.69) is 15.5 Å². The SMILES string of the molecule is Cc1ccc(-n2nc(C)c(NC(=O)COC(=O)c3nn(-c4ccccc4)c4c3CCC4)c2C)cc1. The number of benzene rings is 2. The highest BCUT2D eigenvalue weighted by Crippen LogP contribution is 2.28. The number of aromatic nitrogens is 4. The minimum atomic E-state index is -0.586. The first-order valence-corrected chi connectivity index (χ1v) is 11.7. The zero-order chi connectivity index (χ0) is 24.5. The van der Waals surface area contributed by atoms with Crippen molar-refractivity contribution < 1.29 is 14.3 Å². The van der Waals surface area contributed by atoms with E-state index in [4.69, 9.17) is 4.74 Å². The number of para-hydroxylation sites is 1. The largest absolute Gasteiger partial charge is 0.451 e. The van der Waals surface area contributed by atoms with Gasteiger partial charge in [0.25, 0.3) is 5.91 Å². The highest BCUT2D eigenvalue weighted by Gasteiger charge is 2.28. The van der Waals surface area contributed by atoms with Crippen molar-refractivity contribution in [3.8, 4) is 11.4 Å². The summed E-state index contributed by atoms with van der Waals surface area (Å²) in [6.45, 7) is 5.35. The van der Waals surface area contributed by atoms with Crippen LogP contribution in [0.25, 0.3) is 11.4 Å². The van der Waals surface area contributed by atoms with Crippen LogP contribution in [0.4, 0.5) is 5.69 Å². The lowest BCUT2D eigenvalue weighted by molar-refractivity contribution is -0.119. The molecule has 0 radical (unpaired) electrons. The molecule has 1 N–H and O–H groups in total. The molecule has 5 rings (SSSR count). The molecule has 1 aliphatic rings. The molecule has 8 nitrogen and oxygen atoms in total. The van der Waals surface area contributed by atoms with Crippen LogP contribution < -0.4 is 5.32 Å². The molecule has 0 saturated carbocycles. The molecule has 1 amide bonds. The molecule has 0 atom stereocenters. The van der Waals surface area contributed by atoms with Crippen molar-refractivity contribution >= 4 is 17.6 Å². The van der Waals surface area contributed by atoms with Gasteiger partial charge in [0.1, 0.15) is 0 Å². The number of carbonyl (C=O) groups is 2. The average molecular weight is 470 g/mol. The minimum Gasteiger partial charge on any atom is -0.451 e. The summed E-state index contributed by atoms with van der Waals surface area (Å²) in [4.78, 5) is 25.5. The van der Waals surface area contributed by atoms with Crippen molar-refractivity contribution in [1.29, 1.82) is 0 Å². The van der Waals surface area contributed by atoms with Gasteiger partial charge in [0.15, 0.2) is 12.3 Å². The molecule has 0 aliphatic heterocycles. The van der Waals surface area contributed by atoms with Gasteiger partial charge < -0.3 is 10.1 Å². The van der Waals surface area contributed by atoms with Crippen LogP contribution in [0.1, 0.15) is 45.1 Å². The van der Waals surface area contributed by atoms with Gasteiger partial charge in [-0.25, -0.2) is 14.2 Å². The number of ether oxygens (including phenoxy) is 1. The molecule has 0 fully saturated rings. The van der Waals surface area contributed by atoms with Crippen molar-refractivity contribution in [2.24, 2.45) is 0 Å². The van der Waals surface area contributed by atoms with E-state index in [9.17, 15) is 9.59 Å². The fourth-order valence-corrected chi connectivity index (χ4v) is 4.52. The summed E-state index contributed by atoms with van der Waals surface area (Å²) in [5.41, 5.74) is 7.28. The summed E-state index contributed by atoms with van der Waals surface area (Å²) in [7, 11) is 0. The first-order valence-electron chi connectivity index (χ1n) is 11.7.